The summed E-state index contributed by atoms with van der Waals surface area (Å²) >= 11 is 3.46. The van der Waals surface area contributed by atoms with E-state index < -0.39 is 0 Å². The Labute approximate surface area is 114 Å². The van der Waals surface area contributed by atoms with Gasteiger partial charge in [-0.05, 0) is 41.4 Å². The summed E-state index contributed by atoms with van der Waals surface area (Å²) in [5, 5.41) is 20.5. The molecule has 1 aromatic heterocycles. The van der Waals surface area contributed by atoms with Crippen molar-refractivity contribution in [3.63, 3.8) is 0 Å². The zero-order chi connectivity index (χ0) is 13.7. The summed E-state index contributed by atoms with van der Waals surface area (Å²) in [6, 6.07) is 1.97. The largest absolute Gasteiger partial charge is 0.590 e. The Bertz CT molecular complexity index is 634. The van der Waals surface area contributed by atoms with Gasteiger partial charge in [-0.3, -0.25) is 0 Å². The number of aromatic nitrogens is 4. The first-order valence-electron chi connectivity index (χ1n) is 5.72. The van der Waals surface area contributed by atoms with Gasteiger partial charge in [0.2, 0.25) is 11.1 Å². The van der Waals surface area contributed by atoms with Crippen molar-refractivity contribution >= 4 is 27.0 Å². The van der Waals surface area contributed by atoms with Crippen molar-refractivity contribution in [3.8, 4) is 0 Å². The van der Waals surface area contributed by atoms with E-state index in [2.05, 4.69) is 26.2 Å². The van der Waals surface area contributed by atoms with Gasteiger partial charge in [0.25, 0.3) is 5.52 Å². The first-order valence-corrected chi connectivity index (χ1v) is 6.51. The van der Waals surface area contributed by atoms with E-state index in [1.807, 2.05) is 40.7 Å². The van der Waals surface area contributed by atoms with Gasteiger partial charge in [-0.1, -0.05) is 0 Å². The van der Waals surface area contributed by atoms with Crippen LogP contribution in [0.25, 0.3) is 11.0 Å². The molecular weight excluding hydrogens is 296 g/mol. The van der Waals surface area contributed by atoms with Crippen LogP contribution in [-0.2, 0) is 5.54 Å². The van der Waals surface area contributed by atoms with Crippen molar-refractivity contribution in [3.05, 3.63) is 26.9 Å². The summed E-state index contributed by atoms with van der Waals surface area (Å²) in [6.45, 7) is 9.73. The molecule has 2 rings (SSSR count). The lowest BCUT2D eigenvalue weighted by Gasteiger charge is -2.08. The van der Waals surface area contributed by atoms with Crippen molar-refractivity contribution in [1.82, 2.24) is 10.3 Å². The average molecular weight is 312 g/mol. The predicted octanol–water partition coefficient (Wildman–Crippen LogP) is 1.69. The summed E-state index contributed by atoms with van der Waals surface area (Å²) in [5.74, 6) is 0. The SMILES string of the molecule is Cc1cc(Br)c2n[n+](C(C)(C)C)n[n+]([O-])c2c1C. The Morgan fingerprint density at radius 1 is 1.28 bits per heavy atom. The molecule has 0 aliphatic carbocycles. The molecule has 0 N–H and O–H groups in total. The molecule has 0 fully saturated rings. The first-order chi connectivity index (χ1) is 8.21. The number of halogens is 1. The van der Waals surface area contributed by atoms with Crippen molar-refractivity contribution < 1.29 is 9.64 Å². The molecule has 18 heavy (non-hydrogen) atoms. The van der Waals surface area contributed by atoms with Gasteiger partial charge in [-0.25, -0.2) is 0 Å². The average Bonchev–Trinajstić information content (AvgIpc) is 2.24. The van der Waals surface area contributed by atoms with Crippen LogP contribution in [0.5, 0.6) is 0 Å². The number of rotatable bonds is 0. The van der Waals surface area contributed by atoms with E-state index in [0.717, 1.165) is 15.6 Å². The second kappa shape index (κ2) is 4.12. The molecule has 2 aromatic rings. The fourth-order valence-corrected chi connectivity index (χ4v) is 2.30. The lowest BCUT2D eigenvalue weighted by molar-refractivity contribution is -0.941. The van der Waals surface area contributed by atoms with E-state index in [1.165, 1.54) is 4.80 Å². The second-order valence-electron chi connectivity index (χ2n) is 5.42. The number of hydrogen-bond acceptors (Lipinski definition) is 3. The molecular formula is C12H16BrN4O+. The molecule has 0 saturated heterocycles. The Morgan fingerprint density at radius 2 is 1.89 bits per heavy atom. The summed E-state index contributed by atoms with van der Waals surface area (Å²) in [7, 11) is 0. The minimum absolute atomic E-state index is 0.335. The third-order valence-corrected chi connectivity index (χ3v) is 3.50. The molecule has 0 radical (unpaired) electrons. The number of benzene rings is 1. The van der Waals surface area contributed by atoms with E-state index in [-0.39, 0.29) is 5.54 Å². The summed E-state index contributed by atoms with van der Waals surface area (Å²) in [6.07, 6.45) is 0. The zero-order valence-electron chi connectivity index (χ0n) is 11.2. The molecule has 1 heterocycles. The van der Waals surface area contributed by atoms with Crippen molar-refractivity contribution in [1.29, 1.82) is 0 Å². The Balaban J connectivity index is 2.91. The van der Waals surface area contributed by atoms with Gasteiger partial charge in [0.1, 0.15) is 0 Å². The molecule has 6 heteroatoms. The van der Waals surface area contributed by atoms with Gasteiger partial charge >= 0.3 is 5.21 Å². The van der Waals surface area contributed by atoms with Gasteiger partial charge in [0.05, 0.1) is 9.27 Å². The maximum Gasteiger partial charge on any atom is 0.312 e. The molecule has 0 aliphatic rings. The maximum absolute atomic E-state index is 12.1. The molecule has 0 atom stereocenters. The lowest BCUT2D eigenvalue weighted by atomic mass is 10.1. The molecule has 0 aliphatic heterocycles. The van der Waals surface area contributed by atoms with Gasteiger partial charge in [0.15, 0.2) is 0 Å². The highest BCUT2D eigenvalue weighted by atomic mass is 79.9. The van der Waals surface area contributed by atoms with Crippen LogP contribution >= 0.6 is 15.9 Å². The van der Waals surface area contributed by atoms with Gasteiger partial charge in [-0.15, -0.1) is 0 Å². The van der Waals surface area contributed by atoms with Crippen LogP contribution in [0.3, 0.4) is 0 Å². The van der Waals surface area contributed by atoms with Gasteiger partial charge in [-0.2, -0.15) is 0 Å². The van der Waals surface area contributed by atoms with Crippen LogP contribution in [0.1, 0.15) is 31.9 Å². The highest BCUT2D eigenvalue weighted by Crippen LogP contribution is 2.24. The standard InChI is InChI=1S/C12H16BrN4O/c1-7-6-9(13)10-11(8(7)2)16(18)15-17(14-10)12(3,4)5/h6H,1-5H3/q+1. The van der Waals surface area contributed by atoms with Crippen LogP contribution < -0.4 is 9.64 Å². The van der Waals surface area contributed by atoms with E-state index in [4.69, 9.17) is 0 Å². The molecule has 0 saturated carbocycles. The van der Waals surface area contributed by atoms with Crippen molar-refractivity contribution in [2.75, 3.05) is 0 Å². The lowest BCUT2D eigenvalue weighted by Crippen LogP contribution is -2.62. The molecule has 1 aromatic carbocycles. The van der Waals surface area contributed by atoms with Crippen LogP contribution in [0.4, 0.5) is 0 Å². The molecule has 5 nitrogen and oxygen atoms in total. The number of fused-ring (bicyclic) bond motifs is 1. The third kappa shape index (κ3) is 2.05. The number of hydrogen-bond donors (Lipinski definition) is 0. The quantitative estimate of drug-likeness (QED) is 0.549. The monoisotopic (exact) mass is 311 g/mol. The molecule has 0 bridgehead atoms. The Morgan fingerprint density at radius 3 is 2.44 bits per heavy atom. The number of aryl methyl sites for hydroxylation is 2. The first kappa shape index (κ1) is 13.1. The molecule has 0 spiro atoms. The van der Waals surface area contributed by atoms with Gasteiger partial charge in [0, 0.05) is 36.3 Å². The molecule has 96 valence electrons. The summed E-state index contributed by atoms with van der Waals surface area (Å²) in [4.78, 5) is 2.10. The van der Waals surface area contributed by atoms with E-state index in [9.17, 15) is 5.21 Å². The summed E-state index contributed by atoms with van der Waals surface area (Å²) < 4.78 is 0.811. The molecule has 0 amide bonds. The molecule has 0 unspecified atom stereocenters. The minimum atomic E-state index is -0.335. The van der Waals surface area contributed by atoms with Crippen molar-refractivity contribution in [2.45, 2.75) is 40.2 Å². The highest BCUT2D eigenvalue weighted by Gasteiger charge is 2.32. The maximum atomic E-state index is 12.1. The van der Waals surface area contributed by atoms with Crippen LogP contribution in [0.15, 0.2) is 10.5 Å². The summed E-state index contributed by atoms with van der Waals surface area (Å²) in [5.41, 5.74) is 2.76. The second-order valence-corrected chi connectivity index (χ2v) is 6.27. The van der Waals surface area contributed by atoms with Crippen molar-refractivity contribution in [2.24, 2.45) is 0 Å². The van der Waals surface area contributed by atoms with Crippen LogP contribution in [0, 0.1) is 19.1 Å². The highest BCUT2D eigenvalue weighted by molar-refractivity contribution is 9.10. The van der Waals surface area contributed by atoms with E-state index in [0.29, 0.717) is 15.9 Å². The van der Waals surface area contributed by atoms with E-state index >= 15 is 0 Å². The smallest absolute Gasteiger partial charge is 0.312 e. The topological polar surface area (TPSA) is 56.6 Å². The number of nitrogens with zero attached hydrogens (tertiary/aromatic N) is 4. The fourth-order valence-electron chi connectivity index (χ4n) is 1.69. The van der Waals surface area contributed by atoms with E-state index in [1.54, 1.807) is 0 Å². The fraction of sp³-hybridized carbons (Fsp3) is 0.500. The Hall–Kier alpha value is -1.30. The predicted molar refractivity (Wildman–Crippen MR) is 70.9 cm³/mol. The van der Waals surface area contributed by atoms with Crippen LogP contribution in [0.2, 0.25) is 0 Å². The normalized spacial score (nSPS) is 12.1. The third-order valence-electron chi connectivity index (χ3n) is 2.89. The Kier molecular flexibility index (Phi) is 3.01. The zero-order valence-corrected chi connectivity index (χ0v) is 12.7. The minimum Gasteiger partial charge on any atom is -0.590 e. The van der Waals surface area contributed by atoms with Gasteiger partial charge < -0.3 is 5.21 Å². The van der Waals surface area contributed by atoms with Crippen LogP contribution in [-0.4, -0.2) is 10.3 Å².